The Balaban J connectivity index is 1.26. The van der Waals surface area contributed by atoms with Gasteiger partial charge in [-0.05, 0) is 80.0 Å². The van der Waals surface area contributed by atoms with Crippen LogP contribution in [0.1, 0.15) is 32.1 Å². The van der Waals surface area contributed by atoms with Crippen LogP contribution in [0.4, 0.5) is 16.0 Å². The third kappa shape index (κ3) is 5.88. The van der Waals surface area contributed by atoms with Crippen LogP contribution in [-0.4, -0.2) is 75.0 Å². The van der Waals surface area contributed by atoms with Gasteiger partial charge in [0.1, 0.15) is 17.5 Å². The molecule has 0 radical (unpaired) electrons. The smallest absolute Gasteiger partial charge is 0.131 e. The van der Waals surface area contributed by atoms with Gasteiger partial charge in [0.15, 0.2) is 0 Å². The Bertz CT molecular complexity index is 917. The molecular weight excluding hydrogens is 429 g/mol. The average molecular weight is 468 g/mol. The number of nitrogens with two attached hydrogens (primary N) is 1. The van der Waals surface area contributed by atoms with Gasteiger partial charge in [-0.1, -0.05) is 12.1 Å². The summed E-state index contributed by atoms with van der Waals surface area (Å²) >= 11 is 0. The van der Waals surface area contributed by atoms with Crippen molar-refractivity contribution < 1.29 is 9.13 Å². The number of anilines is 2. The number of halogens is 1. The van der Waals surface area contributed by atoms with Crippen LogP contribution in [0, 0.1) is 11.7 Å². The van der Waals surface area contributed by atoms with E-state index < -0.39 is 0 Å². The van der Waals surface area contributed by atoms with Gasteiger partial charge in [-0.15, -0.1) is 0 Å². The summed E-state index contributed by atoms with van der Waals surface area (Å²) in [5, 5.41) is 0. The molecule has 0 unspecified atom stereocenters. The second-order valence-electron chi connectivity index (χ2n) is 10.1. The number of aromatic nitrogens is 1. The molecule has 0 spiro atoms. The van der Waals surface area contributed by atoms with Crippen molar-refractivity contribution in [2.45, 2.75) is 38.1 Å². The molecule has 184 valence electrons. The summed E-state index contributed by atoms with van der Waals surface area (Å²) in [5.41, 5.74) is 8.18. The van der Waals surface area contributed by atoms with Crippen molar-refractivity contribution in [3.63, 3.8) is 0 Å². The van der Waals surface area contributed by atoms with Crippen LogP contribution in [0.25, 0.3) is 11.1 Å². The summed E-state index contributed by atoms with van der Waals surface area (Å²) in [4.78, 5) is 12.4. The molecule has 6 nitrogen and oxygen atoms in total. The van der Waals surface area contributed by atoms with Gasteiger partial charge in [0, 0.05) is 45.3 Å². The van der Waals surface area contributed by atoms with E-state index in [4.69, 9.17) is 15.5 Å². The molecule has 0 bridgehead atoms. The molecule has 2 aromatic rings. The molecule has 3 heterocycles. The number of nitrogens with zero attached hydrogens (tertiary/aromatic N) is 4. The largest absolute Gasteiger partial charge is 0.378 e. The van der Waals surface area contributed by atoms with E-state index in [0.29, 0.717) is 6.04 Å². The molecule has 2 saturated heterocycles. The monoisotopic (exact) mass is 467 g/mol. The summed E-state index contributed by atoms with van der Waals surface area (Å²) in [7, 11) is 0. The second-order valence-corrected chi connectivity index (χ2v) is 10.1. The van der Waals surface area contributed by atoms with Crippen molar-refractivity contribution in [2.75, 3.05) is 68.8 Å². The van der Waals surface area contributed by atoms with Gasteiger partial charge in [0.2, 0.25) is 0 Å². The highest BCUT2D eigenvalue weighted by Gasteiger charge is 2.23. The van der Waals surface area contributed by atoms with Crippen LogP contribution in [0.15, 0.2) is 36.4 Å². The molecule has 0 amide bonds. The summed E-state index contributed by atoms with van der Waals surface area (Å²) in [5.74, 6) is 2.64. The van der Waals surface area contributed by atoms with E-state index in [9.17, 15) is 4.39 Å². The molecular formula is C27H38FN5O. The number of morpholine rings is 1. The molecule has 7 heteroatoms. The number of pyridine rings is 1. The van der Waals surface area contributed by atoms with Gasteiger partial charge < -0.3 is 20.3 Å². The quantitative estimate of drug-likeness (QED) is 0.698. The van der Waals surface area contributed by atoms with E-state index >= 15 is 0 Å². The topological polar surface area (TPSA) is 57.9 Å². The lowest BCUT2D eigenvalue weighted by Crippen LogP contribution is -2.47. The maximum atomic E-state index is 13.5. The van der Waals surface area contributed by atoms with Crippen LogP contribution >= 0.6 is 0 Å². The number of benzene rings is 1. The predicted octanol–water partition coefficient (Wildman–Crippen LogP) is 3.75. The van der Waals surface area contributed by atoms with E-state index in [1.165, 1.54) is 50.8 Å². The van der Waals surface area contributed by atoms with Gasteiger partial charge in [0.25, 0.3) is 0 Å². The maximum absolute atomic E-state index is 13.5. The minimum absolute atomic E-state index is 0.210. The number of hydrogen-bond donors (Lipinski definition) is 1. The van der Waals surface area contributed by atoms with Crippen LogP contribution in [0.2, 0.25) is 0 Å². The van der Waals surface area contributed by atoms with Crippen LogP contribution in [-0.2, 0) is 4.74 Å². The second kappa shape index (κ2) is 11.0. The number of ether oxygens (including phenoxy) is 1. The first-order valence-corrected chi connectivity index (χ1v) is 13.0. The summed E-state index contributed by atoms with van der Waals surface area (Å²) in [6.07, 6.45) is 6.28. The Kier molecular flexibility index (Phi) is 7.62. The highest BCUT2D eigenvalue weighted by Crippen LogP contribution is 2.30. The zero-order valence-electron chi connectivity index (χ0n) is 20.2. The molecule has 1 saturated carbocycles. The maximum Gasteiger partial charge on any atom is 0.131 e. The molecule has 34 heavy (non-hydrogen) atoms. The minimum Gasteiger partial charge on any atom is -0.378 e. The third-order valence-corrected chi connectivity index (χ3v) is 7.75. The van der Waals surface area contributed by atoms with Gasteiger partial charge >= 0.3 is 0 Å². The third-order valence-electron chi connectivity index (χ3n) is 7.75. The van der Waals surface area contributed by atoms with Gasteiger partial charge in [-0.3, -0.25) is 4.90 Å². The number of piperazine rings is 1. The average Bonchev–Trinajstić information content (AvgIpc) is 2.89. The van der Waals surface area contributed by atoms with E-state index in [1.807, 2.05) is 12.1 Å². The van der Waals surface area contributed by atoms with E-state index in [1.54, 1.807) is 0 Å². The summed E-state index contributed by atoms with van der Waals surface area (Å²) in [6, 6.07) is 11.5. The van der Waals surface area contributed by atoms with Crippen LogP contribution in [0.5, 0.6) is 0 Å². The lowest BCUT2D eigenvalue weighted by Gasteiger charge is -2.37. The zero-order valence-corrected chi connectivity index (χ0v) is 20.2. The van der Waals surface area contributed by atoms with E-state index in [0.717, 1.165) is 81.2 Å². The van der Waals surface area contributed by atoms with Crippen molar-refractivity contribution in [2.24, 2.45) is 11.7 Å². The van der Waals surface area contributed by atoms with Crippen molar-refractivity contribution in [3.05, 3.63) is 42.2 Å². The minimum atomic E-state index is -0.210. The fourth-order valence-corrected chi connectivity index (χ4v) is 5.47. The molecule has 5 rings (SSSR count). The Morgan fingerprint density at radius 3 is 2.09 bits per heavy atom. The Labute approximate surface area is 202 Å². The summed E-state index contributed by atoms with van der Waals surface area (Å²) < 4.78 is 19.1. The van der Waals surface area contributed by atoms with Gasteiger partial charge in [-0.25, -0.2) is 9.37 Å². The molecule has 2 N–H and O–H groups in total. The number of hydrogen-bond acceptors (Lipinski definition) is 6. The highest BCUT2D eigenvalue weighted by atomic mass is 19.1. The summed E-state index contributed by atoms with van der Waals surface area (Å²) in [6.45, 7) is 8.44. The Morgan fingerprint density at radius 1 is 0.824 bits per heavy atom. The first kappa shape index (κ1) is 23.5. The van der Waals surface area contributed by atoms with Crippen molar-refractivity contribution in [3.8, 4) is 11.1 Å². The van der Waals surface area contributed by atoms with Crippen LogP contribution < -0.4 is 15.5 Å². The van der Waals surface area contributed by atoms with Crippen molar-refractivity contribution in [1.82, 2.24) is 9.88 Å². The Hall–Kier alpha value is -2.22. The zero-order chi connectivity index (χ0) is 23.3. The lowest BCUT2D eigenvalue weighted by atomic mass is 9.84. The van der Waals surface area contributed by atoms with Gasteiger partial charge in [0.05, 0.1) is 13.2 Å². The standard InChI is InChI=1S/C27H38FN5O/c28-24-5-3-22(4-6-24)23-19-26(30-27(20-23)33-15-17-34-18-16-33)32-13-11-31(12-14-32)10-9-21-1-7-25(29)8-2-21/h3-6,19-21,25H,1-2,7-18,29H2/t21-,25-. The molecule has 3 aliphatic rings. The van der Waals surface area contributed by atoms with Crippen molar-refractivity contribution in [1.29, 1.82) is 0 Å². The Morgan fingerprint density at radius 2 is 1.44 bits per heavy atom. The molecule has 0 atom stereocenters. The first-order valence-electron chi connectivity index (χ1n) is 13.0. The lowest BCUT2D eigenvalue weighted by molar-refractivity contribution is 0.122. The molecule has 1 aliphatic carbocycles. The SMILES string of the molecule is N[C@H]1CC[C@H](CCN2CCN(c3cc(-c4ccc(F)cc4)cc(N4CCOCC4)n3)CC2)CC1. The first-order chi connectivity index (χ1) is 16.6. The van der Waals surface area contributed by atoms with Gasteiger partial charge in [-0.2, -0.15) is 0 Å². The van der Waals surface area contributed by atoms with E-state index in [2.05, 4.69) is 26.8 Å². The normalized spacial score (nSPS) is 24.4. The van der Waals surface area contributed by atoms with Crippen LogP contribution in [0.3, 0.4) is 0 Å². The van der Waals surface area contributed by atoms with Crippen molar-refractivity contribution >= 4 is 11.6 Å². The molecule has 1 aromatic carbocycles. The molecule has 1 aromatic heterocycles. The fraction of sp³-hybridized carbons (Fsp3) is 0.593. The molecule has 3 fully saturated rings. The fourth-order valence-electron chi connectivity index (χ4n) is 5.47. The van der Waals surface area contributed by atoms with E-state index in [-0.39, 0.29) is 5.82 Å². The molecule has 2 aliphatic heterocycles. The predicted molar refractivity (Wildman–Crippen MR) is 136 cm³/mol. The highest BCUT2D eigenvalue weighted by molar-refractivity contribution is 5.71. The number of rotatable bonds is 6.